The number of carboxylic acids is 1. The maximum atomic E-state index is 11.7. The molecule has 37 heavy (non-hydrogen) atoms. The topological polar surface area (TPSA) is 93.1 Å². The second-order valence-corrected chi connectivity index (χ2v) is 10.2. The van der Waals surface area contributed by atoms with E-state index in [4.69, 9.17) is 14.6 Å². The van der Waals surface area contributed by atoms with Gasteiger partial charge in [-0.05, 0) is 64.6 Å². The zero-order valence-corrected chi connectivity index (χ0v) is 24.1. The van der Waals surface area contributed by atoms with E-state index < -0.39 is 5.97 Å². The summed E-state index contributed by atoms with van der Waals surface area (Å²) in [4.78, 5) is 36.7. The standard InChI is InChI=1S/C30H57NO6/c1-3-5-17-26-36-29(34)21-13-9-7-11-15-23-31(25-19-20-28(32)33)24-16-12-8-10-14-22-30(35)37-27-18-6-4-2/h3-27H2,1-2H3,(H,32,33). The number of esters is 2. The minimum atomic E-state index is -0.729. The van der Waals surface area contributed by atoms with E-state index in [0.29, 0.717) is 32.5 Å². The first-order valence-electron chi connectivity index (χ1n) is 15.2. The van der Waals surface area contributed by atoms with Crippen molar-refractivity contribution in [3.63, 3.8) is 0 Å². The van der Waals surface area contributed by atoms with Crippen LogP contribution in [0.2, 0.25) is 0 Å². The predicted molar refractivity (Wildman–Crippen MR) is 150 cm³/mol. The van der Waals surface area contributed by atoms with Gasteiger partial charge in [-0.2, -0.15) is 0 Å². The van der Waals surface area contributed by atoms with E-state index in [-0.39, 0.29) is 18.4 Å². The fourth-order valence-corrected chi connectivity index (χ4v) is 4.28. The van der Waals surface area contributed by atoms with Crippen molar-refractivity contribution in [2.24, 2.45) is 0 Å². The maximum Gasteiger partial charge on any atom is 0.305 e. The van der Waals surface area contributed by atoms with Crippen LogP contribution in [0, 0.1) is 0 Å². The smallest absolute Gasteiger partial charge is 0.305 e. The molecule has 0 radical (unpaired) electrons. The van der Waals surface area contributed by atoms with Gasteiger partial charge >= 0.3 is 17.9 Å². The molecule has 0 saturated carbocycles. The Bertz CT molecular complexity index is 516. The number of hydrogen-bond acceptors (Lipinski definition) is 6. The highest BCUT2D eigenvalue weighted by Crippen LogP contribution is 2.11. The molecule has 0 aromatic rings. The Morgan fingerprint density at radius 2 is 0.919 bits per heavy atom. The van der Waals surface area contributed by atoms with Crippen LogP contribution in [0.5, 0.6) is 0 Å². The van der Waals surface area contributed by atoms with Crippen molar-refractivity contribution >= 4 is 17.9 Å². The lowest BCUT2D eigenvalue weighted by Gasteiger charge is -2.22. The highest BCUT2D eigenvalue weighted by Gasteiger charge is 2.08. The average Bonchev–Trinajstić information content (AvgIpc) is 2.87. The van der Waals surface area contributed by atoms with Gasteiger partial charge in [0.1, 0.15) is 0 Å². The number of rotatable bonds is 28. The van der Waals surface area contributed by atoms with Crippen molar-refractivity contribution < 1.29 is 29.0 Å². The van der Waals surface area contributed by atoms with Crippen molar-refractivity contribution in [2.75, 3.05) is 32.8 Å². The van der Waals surface area contributed by atoms with Crippen molar-refractivity contribution in [1.82, 2.24) is 4.90 Å². The van der Waals surface area contributed by atoms with Crippen LogP contribution in [0.4, 0.5) is 0 Å². The molecule has 0 saturated heterocycles. The van der Waals surface area contributed by atoms with E-state index in [1.807, 2.05) is 0 Å². The molecular formula is C30H57NO6. The van der Waals surface area contributed by atoms with Gasteiger partial charge in [-0.25, -0.2) is 0 Å². The molecule has 0 aromatic heterocycles. The van der Waals surface area contributed by atoms with Gasteiger partial charge in [-0.1, -0.05) is 78.1 Å². The first kappa shape index (κ1) is 35.4. The molecule has 1 N–H and O–H groups in total. The van der Waals surface area contributed by atoms with Gasteiger partial charge in [-0.3, -0.25) is 14.4 Å². The molecule has 7 heteroatoms. The molecular weight excluding hydrogens is 470 g/mol. The quantitative estimate of drug-likeness (QED) is 0.0842. The van der Waals surface area contributed by atoms with Crippen LogP contribution in [-0.4, -0.2) is 60.8 Å². The minimum Gasteiger partial charge on any atom is -0.481 e. The number of hydrogen-bond donors (Lipinski definition) is 1. The fourth-order valence-electron chi connectivity index (χ4n) is 4.28. The lowest BCUT2D eigenvalue weighted by atomic mass is 10.1. The zero-order valence-electron chi connectivity index (χ0n) is 24.1. The highest BCUT2D eigenvalue weighted by molar-refractivity contribution is 5.69. The minimum absolute atomic E-state index is 0.0666. The Hall–Kier alpha value is -1.63. The van der Waals surface area contributed by atoms with E-state index in [2.05, 4.69) is 18.7 Å². The summed E-state index contributed by atoms with van der Waals surface area (Å²) >= 11 is 0. The summed E-state index contributed by atoms with van der Waals surface area (Å²) in [5.41, 5.74) is 0. The van der Waals surface area contributed by atoms with Crippen molar-refractivity contribution in [1.29, 1.82) is 0 Å². The first-order valence-corrected chi connectivity index (χ1v) is 15.2. The summed E-state index contributed by atoms with van der Waals surface area (Å²) in [5, 5.41) is 8.96. The number of carboxylic acid groups (broad SMARTS) is 1. The van der Waals surface area contributed by atoms with Crippen molar-refractivity contribution in [3.05, 3.63) is 0 Å². The highest BCUT2D eigenvalue weighted by atomic mass is 16.5. The van der Waals surface area contributed by atoms with Crippen LogP contribution in [0.3, 0.4) is 0 Å². The molecule has 7 nitrogen and oxygen atoms in total. The molecule has 0 fully saturated rings. The molecule has 0 aliphatic heterocycles. The molecule has 0 spiro atoms. The summed E-state index contributed by atoms with van der Waals surface area (Å²) in [6, 6.07) is 0. The first-order chi connectivity index (χ1) is 18.0. The van der Waals surface area contributed by atoms with Crippen LogP contribution < -0.4 is 0 Å². The summed E-state index contributed by atoms with van der Waals surface area (Å²) < 4.78 is 10.5. The van der Waals surface area contributed by atoms with Gasteiger partial charge in [0.25, 0.3) is 0 Å². The Morgan fingerprint density at radius 3 is 1.35 bits per heavy atom. The molecule has 0 heterocycles. The molecule has 0 aliphatic carbocycles. The Kier molecular flexibility index (Phi) is 26.2. The molecule has 0 aliphatic rings. The molecule has 218 valence electrons. The summed E-state index contributed by atoms with van der Waals surface area (Å²) in [5.74, 6) is -0.862. The predicted octanol–water partition coefficient (Wildman–Crippen LogP) is 7.30. The molecule has 0 unspecified atom stereocenters. The van der Waals surface area contributed by atoms with Crippen molar-refractivity contribution in [3.8, 4) is 0 Å². The normalized spacial score (nSPS) is 11.1. The number of ether oxygens (including phenoxy) is 2. The molecule has 0 bridgehead atoms. The second kappa shape index (κ2) is 27.4. The SMILES string of the molecule is CCCCCOC(=O)CCCCCCCN(CCCCCCCC(=O)OCCCCC)CCCC(=O)O. The lowest BCUT2D eigenvalue weighted by molar-refractivity contribution is -0.144. The van der Waals surface area contributed by atoms with E-state index in [9.17, 15) is 14.4 Å². The number of unbranched alkanes of at least 4 members (excludes halogenated alkanes) is 12. The zero-order chi connectivity index (χ0) is 27.4. The Morgan fingerprint density at radius 1 is 0.514 bits per heavy atom. The lowest BCUT2D eigenvalue weighted by Crippen LogP contribution is -2.27. The molecule has 0 rings (SSSR count). The third kappa shape index (κ3) is 27.2. The van der Waals surface area contributed by atoms with Crippen LogP contribution >= 0.6 is 0 Å². The Labute approximate surface area is 227 Å². The van der Waals surface area contributed by atoms with Gasteiger partial charge in [0.05, 0.1) is 13.2 Å². The number of aliphatic carboxylic acids is 1. The van der Waals surface area contributed by atoms with E-state index in [1.165, 1.54) is 0 Å². The number of nitrogens with zero attached hydrogens (tertiary/aromatic N) is 1. The van der Waals surface area contributed by atoms with Crippen molar-refractivity contribution in [2.45, 2.75) is 142 Å². The van der Waals surface area contributed by atoms with Crippen LogP contribution in [0.15, 0.2) is 0 Å². The van der Waals surface area contributed by atoms with Crippen LogP contribution in [0.25, 0.3) is 0 Å². The van der Waals surface area contributed by atoms with E-state index in [1.54, 1.807) is 0 Å². The average molecular weight is 528 g/mol. The molecule has 0 atom stereocenters. The van der Waals surface area contributed by atoms with E-state index in [0.717, 1.165) is 122 Å². The largest absolute Gasteiger partial charge is 0.481 e. The monoisotopic (exact) mass is 527 g/mol. The fraction of sp³-hybridized carbons (Fsp3) is 0.900. The van der Waals surface area contributed by atoms with Gasteiger partial charge in [0.2, 0.25) is 0 Å². The van der Waals surface area contributed by atoms with Gasteiger partial charge in [-0.15, -0.1) is 0 Å². The second-order valence-electron chi connectivity index (χ2n) is 10.2. The van der Waals surface area contributed by atoms with Gasteiger partial charge < -0.3 is 19.5 Å². The molecule has 0 aromatic carbocycles. The van der Waals surface area contributed by atoms with Gasteiger partial charge in [0, 0.05) is 19.3 Å². The molecule has 0 amide bonds. The summed E-state index contributed by atoms with van der Waals surface area (Å²) in [6.45, 7) is 8.22. The number of carbonyl (C=O) groups excluding carboxylic acids is 2. The number of carbonyl (C=O) groups is 3. The van der Waals surface area contributed by atoms with Crippen LogP contribution in [-0.2, 0) is 23.9 Å². The summed E-state index contributed by atoms with van der Waals surface area (Å²) in [6.07, 6.45) is 19.0. The summed E-state index contributed by atoms with van der Waals surface area (Å²) in [7, 11) is 0. The maximum absolute atomic E-state index is 11.7. The van der Waals surface area contributed by atoms with Gasteiger partial charge in [0.15, 0.2) is 0 Å². The van der Waals surface area contributed by atoms with Crippen LogP contribution in [0.1, 0.15) is 142 Å². The Balaban J connectivity index is 3.86. The third-order valence-corrected chi connectivity index (χ3v) is 6.60. The third-order valence-electron chi connectivity index (χ3n) is 6.60. The van der Waals surface area contributed by atoms with E-state index >= 15 is 0 Å².